The number of methoxy groups -OCH3 is 1. The third-order valence-corrected chi connectivity index (χ3v) is 2.17. The minimum Gasteiger partial charge on any atom is -0.468 e. The summed E-state index contributed by atoms with van der Waals surface area (Å²) in [7, 11) is 1.31. The van der Waals surface area contributed by atoms with Gasteiger partial charge in [0, 0.05) is 0 Å². The number of carbonyl (C=O) groups excluding carboxylic acids is 1. The Balaban J connectivity index is 2.83. The molecule has 0 amide bonds. The molecular formula is C9H11NO2. The molecule has 1 unspecified atom stereocenters. The fourth-order valence-corrected chi connectivity index (χ4v) is 1.45. The van der Waals surface area contributed by atoms with Crippen LogP contribution in [0.5, 0.6) is 0 Å². The highest BCUT2D eigenvalue weighted by molar-refractivity contribution is 5.81. The quantitative estimate of drug-likeness (QED) is 0.436. The normalized spacial score (nSPS) is 27.6. The average Bonchev–Trinajstić information content (AvgIpc) is 2.47. The van der Waals surface area contributed by atoms with Gasteiger partial charge in [0.1, 0.15) is 0 Å². The van der Waals surface area contributed by atoms with Crippen LogP contribution in [0.15, 0.2) is 11.6 Å². The minimum atomic E-state index is -0.932. The van der Waals surface area contributed by atoms with E-state index in [4.69, 9.17) is 5.26 Å². The highest BCUT2D eigenvalue weighted by atomic mass is 16.5. The van der Waals surface area contributed by atoms with Gasteiger partial charge in [-0.3, -0.25) is 4.79 Å². The molecule has 3 heteroatoms. The van der Waals surface area contributed by atoms with Gasteiger partial charge in [0.25, 0.3) is 0 Å². The Bertz CT molecular complexity index is 275. The van der Waals surface area contributed by atoms with Crippen molar-refractivity contribution in [1.29, 1.82) is 5.26 Å². The predicted molar refractivity (Wildman–Crippen MR) is 43.1 cm³/mol. The number of esters is 1. The summed E-state index contributed by atoms with van der Waals surface area (Å²) in [6, 6.07) is 2.03. The summed E-state index contributed by atoms with van der Waals surface area (Å²) in [5, 5.41) is 8.85. The van der Waals surface area contributed by atoms with Crippen LogP contribution in [0.25, 0.3) is 0 Å². The maximum absolute atomic E-state index is 11.2. The summed E-state index contributed by atoms with van der Waals surface area (Å²) in [5.74, 6) is -0.418. The molecule has 0 spiro atoms. The molecule has 1 aliphatic rings. The molecule has 1 atom stereocenters. The van der Waals surface area contributed by atoms with E-state index in [-0.39, 0.29) is 0 Å². The molecule has 0 aromatic heterocycles. The van der Waals surface area contributed by atoms with Crippen LogP contribution in [0.4, 0.5) is 0 Å². The van der Waals surface area contributed by atoms with Gasteiger partial charge < -0.3 is 4.74 Å². The van der Waals surface area contributed by atoms with Crippen LogP contribution in [0.1, 0.15) is 19.8 Å². The van der Waals surface area contributed by atoms with Crippen LogP contribution in [0.3, 0.4) is 0 Å². The Morgan fingerprint density at radius 2 is 2.50 bits per heavy atom. The molecule has 12 heavy (non-hydrogen) atoms. The van der Waals surface area contributed by atoms with Crippen molar-refractivity contribution in [1.82, 2.24) is 0 Å². The van der Waals surface area contributed by atoms with Gasteiger partial charge >= 0.3 is 5.97 Å². The molecule has 1 aliphatic carbocycles. The molecule has 0 aliphatic heterocycles. The van der Waals surface area contributed by atoms with Gasteiger partial charge in [0.2, 0.25) is 0 Å². The fourth-order valence-electron chi connectivity index (χ4n) is 1.45. The molecule has 0 fully saturated rings. The van der Waals surface area contributed by atoms with Gasteiger partial charge in [-0.2, -0.15) is 5.26 Å². The lowest BCUT2D eigenvalue weighted by Crippen LogP contribution is -2.28. The second-order valence-electron chi connectivity index (χ2n) is 3.12. The fraction of sp³-hybridized carbons (Fsp3) is 0.556. The minimum absolute atomic E-state index is 0.418. The van der Waals surface area contributed by atoms with E-state index in [2.05, 4.69) is 4.74 Å². The van der Waals surface area contributed by atoms with Crippen LogP contribution in [0, 0.1) is 16.7 Å². The van der Waals surface area contributed by atoms with Crippen molar-refractivity contribution in [3.05, 3.63) is 11.6 Å². The first-order chi connectivity index (χ1) is 5.64. The van der Waals surface area contributed by atoms with Crippen LogP contribution in [0.2, 0.25) is 0 Å². The third kappa shape index (κ3) is 1.20. The smallest absolute Gasteiger partial charge is 0.326 e. The number of nitriles is 1. The van der Waals surface area contributed by atoms with E-state index in [0.29, 0.717) is 12.8 Å². The summed E-state index contributed by atoms with van der Waals surface area (Å²) in [6.45, 7) is 1.92. The first kappa shape index (κ1) is 8.79. The Morgan fingerprint density at radius 1 is 1.83 bits per heavy atom. The summed E-state index contributed by atoms with van der Waals surface area (Å²) >= 11 is 0. The number of rotatable bonds is 1. The Kier molecular flexibility index (Phi) is 2.18. The largest absolute Gasteiger partial charge is 0.468 e. The van der Waals surface area contributed by atoms with Crippen molar-refractivity contribution in [3.8, 4) is 6.07 Å². The maximum Gasteiger partial charge on any atom is 0.326 e. The SMILES string of the molecule is COC(=O)C1(C#N)CC=C(C)C1. The van der Waals surface area contributed by atoms with Gasteiger partial charge in [-0.1, -0.05) is 11.6 Å². The Hall–Kier alpha value is -1.30. The highest BCUT2D eigenvalue weighted by Crippen LogP contribution is 2.37. The monoisotopic (exact) mass is 165 g/mol. The number of carbonyl (C=O) groups is 1. The second kappa shape index (κ2) is 2.98. The van der Waals surface area contributed by atoms with Crippen molar-refractivity contribution in [3.63, 3.8) is 0 Å². The lowest BCUT2D eigenvalue weighted by molar-refractivity contribution is -0.148. The Labute approximate surface area is 71.6 Å². The number of hydrogen-bond donors (Lipinski definition) is 0. The topological polar surface area (TPSA) is 50.1 Å². The van der Waals surface area contributed by atoms with Gasteiger partial charge in [0.05, 0.1) is 13.2 Å². The first-order valence-electron chi connectivity index (χ1n) is 3.80. The van der Waals surface area contributed by atoms with Crippen molar-refractivity contribution < 1.29 is 9.53 Å². The van der Waals surface area contributed by atoms with Crippen molar-refractivity contribution in [2.45, 2.75) is 19.8 Å². The van der Waals surface area contributed by atoms with Crippen LogP contribution in [-0.4, -0.2) is 13.1 Å². The molecule has 0 aromatic carbocycles. The lowest BCUT2D eigenvalue weighted by atomic mass is 9.86. The molecule has 3 nitrogen and oxygen atoms in total. The average molecular weight is 165 g/mol. The molecule has 0 N–H and O–H groups in total. The molecule has 0 bridgehead atoms. The van der Waals surface area contributed by atoms with E-state index >= 15 is 0 Å². The molecule has 0 saturated carbocycles. The molecule has 64 valence electrons. The van der Waals surface area contributed by atoms with E-state index in [0.717, 1.165) is 5.57 Å². The van der Waals surface area contributed by atoms with Crippen LogP contribution >= 0.6 is 0 Å². The first-order valence-corrected chi connectivity index (χ1v) is 3.80. The zero-order valence-corrected chi connectivity index (χ0v) is 7.26. The van der Waals surface area contributed by atoms with E-state index < -0.39 is 11.4 Å². The van der Waals surface area contributed by atoms with Crippen molar-refractivity contribution in [2.75, 3.05) is 7.11 Å². The van der Waals surface area contributed by atoms with Gasteiger partial charge in [-0.25, -0.2) is 0 Å². The van der Waals surface area contributed by atoms with Gasteiger partial charge in [-0.05, 0) is 19.8 Å². The molecule has 0 heterocycles. The molecule has 0 radical (unpaired) electrons. The summed E-state index contributed by atoms with van der Waals surface area (Å²) in [4.78, 5) is 11.2. The predicted octanol–water partition coefficient (Wildman–Crippen LogP) is 1.41. The summed E-state index contributed by atoms with van der Waals surface area (Å²) in [5.41, 5.74) is 0.153. The van der Waals surface area contributed by atoms with E-state index in [1.807, 2.05) is 19.1 Å². The molecule has 1 rings (SSSR count). The second-order valence-corrected chi connectivity index (χ2v) is 3.12. The summed E-state index contributed by atoms with van der Waals surface area (Å²) < 4.78 is 4.58. The van der Waals surface area contributed by atoms with E-state index in [1.165, 1.54) is 7.11 Å². The van der Waals surface area contributed by atoms with E-state index in [9.17, 15) is 4.79 Å². The van der Waals surface area contributed by atoms with Crippen molar-refractivity contribution >= 4 is 5.97 Å². The standard InChI is InChI=1S/C9H11NO2/c1-7-3-4-9(5-7,6-10)8(11)12-2/h3H,4-5H2,1-2H3. The summed E-state index contributed by atoms with van der Waals surface area (Å²) in [6.07, 6.45) is 2.92. The molecule has 0 saturated heterocycles. The number of hydrogen-bond acceptors (Lipinski definition) is 3. The maximum atomic E-state index is 11.2. The number of allylic oxidation sites excluding steroid dienone is 2. The zero-order valence-electron chi connectivity index (χ0n) is 7.26. The molecule has 0 aromatic rings. The van der Waals surface area contributed by atoms with E-state index in [1.54, 1.807) is 0 Å². The third-order valence-electron chi connectivity index (χ3n) is 2.17. The molecular weight excluding hydrogens is 154 g/mol. The van der Waals surface area contributed by atoms with Crippen LogP contribution in [-0.2, 0) is 9.53 Å². The van der Waals surface area contributed by atoms with Gasteiger partial charge in [-0.15, -0.1) is 0 Å². The number of ether oxygens (including phenoxy) is 1. The zero-order chi connectivity index (χ0) is 9.19. The number of nitrogens with zero attached hydrogens (tertiary/aromatic N) is 1. The van der Waals surface area contributed by atoms with Crippen LogP contribution < -0.4 is 0 Å². The lowest BCUT2D eigenvalue weighted by Gasteiger charge is -2.16. The Morgan fingerprint density at radius 3 is 2.83 bits per heavy atom. The highest BCUT2D eigenvalue weighted by Gasteiger charge is 2.42. The van der Waals surface area contributed by atoms with Gasteiger partial charge in [0.15, 0.2) is 5.41 Å². The van der Waals surface area contributed by atoms with Crippen molar-refractivity contribution in [2.24, 2.45) is 5.41 Å².